The second-order valence-corrected chi connectivity index (χ2v) is 7.16. The van der Waals surface area contributed by atoms with Crippen LogP contribution in [0.2, 0.25) is 5.02 Å². The molecule has 24 heavy (non-hydrogen) atoms. The Morgan fingerprint density at radius 2 is 2.08 bits per heavy atom. The maximum Gasteiger partial charge on any atom is 0.123 e. The van der Waals surface area contributed by atoms with Crippen LogP contribution in [0.25, 0.3) is 0 Å². The minimum Gasteiger partial charge on any atom is -0.493 e. The van der Waals surface area contributed by atoms with Crippen molar-refractivity contribution in [2.45, 2.75) is 32.2 Å². The van der Waals surface area contributed by atoms with Crippen LogP contribution in [0.15, 0.2) is 30.3 Å². The zero-order valence-corrected chi connectivity index (χ0v) is 14.7. The van der Waals surface area contributed by atoms with E-state index in [1.807, 2.05) is 6.07 Å². The van der Waals surface area contributed by atoms with E-state index in [-0.39, 0.29) is 0 Å². The third-order valence-corrected chi connectivity index (χ3v) is 5.36. The van der Waals surface area contributed by atoms with Crippen molar-refractivity contribution < 1.29 is 4.74 Å². The van der Waals surface area contributed by atoms with Crippen molar-refractivity contribution >= 4 is 17.3 Å². The van der Waals surface area contributed by atoms with Crippen LogP contribution in [0.5, 0.6) is 5.75 Å². The molecule has 0 aromatic heterocycles. The first-order valence-electron chi connectivity index (χ1n) is 8.73. The predicted octanol–water partition coefficient (Wildman–Crippen LogP) is 4.14. The maximum absolute atomic E-state index is 6.49. The van der Waals surface area contributed by atoms with Gasteiger partial charge in [0.25, 0.3) is 0 Å². The molecule has 0 aliphatic carbocycles. The number of hydrogen-bond acceptors (Lipinski definition) is 3. The highest BCUT2D eigenvalue weighted by molar-refractivity contribution is 6.33. The molecule has 0 radical (unpaired) electrons. The largest absolute Gasteiger partial charge is 0.493 e. The van der Waals surface area contributed by atoms with Gasteiger partial charge in [-0.15, -0.1) is 0 Å². The summed E-state index contributed by atoms with van der Waals surface area (Å²) in [7, 11) is 0. The maximum atomic E-state index is 6.49. The number of rotatable bonds is 3. The molecule has 2 aliphatic rings. The lowest BCUT2D eigenvalue weighted by atomic mass is 10.00. The molecule has 2 heterocycles. The van der Waals surface area contributed by atoms with Crippen LogP contribution in [-0.2, 0) is 19.4 Å². The van der Waals surface area contributed by atoms with Gasteiger partial charge in [-0.3, -0.25) is 0 Å². The van der Waals surface area contributed by atoms with Crippen LogP contribution in [-0.4, -0.2) is 19.7 Å². The molecular weight excluding hydrogens is 320 g/mol. The highest BCUT2D eigenvalue weighted by Gasteiger charge is 2.20. The topological polar surface area (TPSA) is 33.3 Å². The van der Waals surface area contributed by atoms with E-state index >= 15 is 0 Å². The van der Waals surface area contributed by atoms with Gasteiger partial charge in [-0.2, -0.15) is 0 Å². The summed E-state index contributed by atoms with van der Waals surface area (Å²) in [6, 6.07) is 10.7. The molecule has 3 nitrogen and oxygen atoms in total. The monoisotopic (exact) mass is 342 g/mol. The van der Waals surface area contributed by atoms with Gasteiger partial charge in [0.1, 0.15) is 5.75 Å². The Balaban J connectivity index is 1.56. The fraction of sp³-hybridized carbons (Fsp3) is 0.400. The Kier molecular flexibility index (Phi) is 4.38. The molecule has 0 amide bonds. The van der Waals surface area contributed by atoms with Crippen molar-refractivity contribution in [3.8, 4) is 5.75 Å². The molecule has 126 valence electrons. The number of ether oxygens (including phenoxy) is 1. The number of hydrogen-bond donors (Lipinski definition) is 2. The fourth-order valence-electron chi connectivity index (χ4n) is 3.65. The van der Waals surface area contributed by atoms with Crippen LogP contribution in [0.3, 0.4) is 0 Å². The van der Waals surface area contributed by atoms with Crippen LogP contribution in [0.4, 0.5) is 5.69 Å². The molecule has 0 spiro atoms. The van der Waals surface area contributed by atoms with Crippen molar-refractivity contribution in [2.24, 2.45) is 0 Å². The van der Waals surface area contributed by atoms with E-state index in [9.17, 15) is 0 Å². The van der Waals surface area contributed by atoms with Crippen LogP contribution >= 0.6 is 11.6 Å². The zero-order valence-electron chi connectivity index (χ0n) is 14.0. The summed E-state index contributed by atoms with van der Waals surface area (Å²) in [5, 5.41) is 7.84. The Morgan fingerprint density at radius 1 is 1.21 bits per heavy atom. The van der Waals surface area contributed by atoms with Crippen LogP contribution in [0.1, 0.15) is 35.1 Å². The van der Waals surface area contributed by atoms with Crippen molar-refractivity contribution in [1.82, 2.24) is 5.32 Å². The first-order valence-corrected chi connectivity index (χ1v) is 9.10. The predicted molar refractivity (Wildman–Crippen MR) is 99.4 cm³/mol. The van der Waals surface area contributed by atoms with Crippen molar-refractivity contribution in [3.63, 3.8) is 0 Å². The van der Waals surface area contributed by atoms with E-state index in [0.29, 0.717) is 5.92 Å². The Morgan fingerprint density at radius 3 is 3.00 bits per heavy atom. The summed E-state index contributed by atoms with van der Waals surface area (Å²) in [6.45, 7) is 5.80. The van der Waals surface area contributed by atoms with Gasteiger partial charge in [0.2, 0.25) is 0 Å². The highest BCUT2D eigenvalue weighted by Crippen LogP contribution is 2.35. The van der Waals surface area contributed by atoms with Gasteiger partial charge in [0, 0.05) is 18.0 Å². The summed E-state index contributed by atoms with van der Waals surface area (Å²) in [5.41, 5.74) is 6.39. The van der Waals surface area contributed by atoms with Gasteiger partial charge in [-0.1, -0.05) is 36.7 Å². The number of halogens is 1. The minimum atomic E-state index is 0.494. The van der Waals surface area contributed by atoms with Gasteiger partial charge in [0.05, 0.1) is 17.3 Å². The van der Waals surface area contributed by atoms with E-state index in [4.69, 9.17) is 16.3 Å². The highest BCUT2D eigenvalue weighted by atomic mass is 35.5. The Bertz CT molecular complexity index is 760. The van der Waals surface area contributed by atoms with Crippen molar-refractivity contribution in [1.29, 1.82) is 0 Å². The first kappa shape index (κ1) is 15.8. The number of benzene rings is 2. The van der Waals surface area contributed by atoms with Gasteiger partial charge in [-0.05, 0) is 54.8 Å². The molecule has 0 fully saturated rings. The van der Waals surface area contributed by atoms with Crippen LogP contribution in [0, 0.1) is 0 Å². The van der Waals surface area contributed by atoms with Crippen molar-refractivity contribution in [3.05, 3.63) is 57.6 Å². The van der Waals surface area contributed by atoms with Gasteiger partial charge in [-0.25, -0.2) is 0 Å². The Labute approximate surface area is 148 Å². The number of anilines is 1. The summed E-state index contributed by atoms with van der Waals surface area (Å²) < 4.78 is 5.77. The molecule has 4 heteroatoms. The summed E-state index contributed by atoms with van der Waals surface area (Å²) in [6.07, 6.45) is 2.08. The molecule has 4 rings (SSSR count). The van der Waals surface area contributed by atoms with E-state index in [0.717, 1.165) is 55.5 Å². The third kappa shape index (κ3) is 2.99. The molecule has 2 N–H and O–H groups in total. The SMILES string of the molecule is CC1COc2cc(CNc3c(Cl)ccc4c3CCNCC4)ccc21. The molecular formula is C20H23ClN2O. The smallest absolute Gasteiger partial charge is 0.123 e. The van der Waals surface area contributed by atoms with E-state index in [2.05, 4.69) is 41.8 Å². The number of nitrogens with one attached hydrogen (secondary N) is 2. The fourth-order valence-corrected chi connectivity index (χ4v) is 3.89. The summed E-state index contributed by atoms with van der Waals surface area (Å²) in [4.78, 5) is 0. The lowest BCUT2D eigenvalue weighted by Crippen LogP contribution is -2.16. The average Bonchev–Trinajstić information content (AvgIpc) is 2.81. The van der Waals surface area contributed by atoms with Crippen molar-refractivity contribution in [2.75, 3.05) is 25.0 Å². The van der Waals surface area contributed by atoms with E-state index < -0.39 is 0 Å². The molecule has 2 aromatic carbocycles. The lowest BCUT2D eigenvalue weighted by molar-refractivity contribution is 0.337. The average molecular weight is 343 g/mol. The first-order chi connectivity index (χ1) is 11.7. The second-order valence-electron chi connectivity index (χ2n) is 6.75. The second kappa shape index (κ2) is 6.66. The molecule has 2 aromatic rings. The van der Waals surface area contributed by atoms with E-state index in [1.54, 1.807) is 0 Å². The normalized spacial score (nSPS) is 19.2. The van der Waals surface area contributed by atoms with E-state index in [1.165, 1.54) is 22.3 Å². The molecule has 0 saturated carbocycles. The van der Waals surface area contributed by atoms with Gasteiger partial charge >= 0.3 is 0 Å². The standard InChI is InChI=1S/C20H23ClN2O/c1-13-12-24-19-10-14(2-4-16(13)19)11-23-20-17-7-9-22-8-6-15(17)3-5-18(20)21/h2-5,10,13,22-23H,6-9,11-12H2,1H3. The lowest BCUT2D eigenvalue weighted by Gasteiger charge is -2.16. The molecule has 0 saturated heterocycles. The summed E-state index contributed by atoms with van der Waals surface area (Å²) in [5.74, 6) is 1.53. The minimum absolute atomic E-state index is 0.494. The molecule has 2 aliphatic heterocycles. The molecule has 1 unspecified atom stereocenters. The zero-order chi connectivity index (χ0) is 16.5. The quantitative estimate of drug-likeness (QED) is 0.879. The van der Waals surface area contributed by atoms with Gasteiger partial charge < -0.3 is 15.4 Å². The number of fused-ring (bicyclic) bond motifs is 2. The van der Waals surface area contributed by atoms with Crippen LogP contribution < -0.4 is 15.4 Å². The third-order valence-electron chi connectivity index (χ3n) is 5.05. The Hall–Kier alpha value is -1.71. The molecule has 1 atom stereocenters. The summed E-state index contributed by atoms with van der Waals surface area (Å²) >= 11 is 6.49. The van der Waals surface area contributed by atoms with Gasteiger partial charge in [0.15, 0.2) is 0 Å². The molecule has 0 bridgehead atoms.